The number of nitrogens with zero attached hydrogens (tertiary/aromatic N) is 4. The first kappa shape index (κ1) is 15.6. The summed E-state index contributed by atoms with van der Waals surface area (Å²) in [5.41, 5.74) is 3.43. The van der Waals surface area contributed by atoms with Gasteiger partial charge < -0.3 is 14.1 Å². The first-order valence-electron chi connectivity index (χ1n) is 8.98. The van der Waals surface area contributed by atoms with E-state index in [9.17, 15) is 4.79 Å². The summed E-state index contributed by atoms with van der Waals surface area (Å²) in [6.07, 6.45) is 5.22. The van der Waals surface area contributed by atoms with Gasteiger partial charge in [0.15, 0.2) is 5.89 Å². The van der Waals surface area contributed by atoms with Gasteiger partial charge in [-0.25, -0.2) is 9.50 Å². The van der Waals surface area contributed by atoms with Crippen molar-refractivity contribution in [1.29, 1.82) is 0 Å². The number of ether oxygens (including phenoxy) is 1. The number of carbonyl (C=O) groups is 1. The fourth-order valence-electron chi connectivity index (χ4n) is 3.72. The Hall–Kier alpha value is -2.67. The van der Waals surface area contributed by atoms with Crippen LogP contribution >= 0.6 is 0 Å². The molecule has 5 heterocycles. The lowest BCUT2D eigenvalue weighted by Gasteiger charge is -2.25. The summed E-state index contributed by atoms with van der Waals surface area (Å²) >= 11 is 0. The minimum Gasteiger partial charge on any atom is -0.445 e. The second kappa shape index (κ2) is 5.95. The van der Waals surface area contributed by atoms with E-state index in [1.165, 1.54) is 0 Å². The first-order chi connectivity index (χ1) is 12.7. The lowest BCUT2D eigenvalue weighted by atomic mass is 10.1. The zero-order valence-corrected chi connectivity index (χ0v) is 14.6. The minimum atomic E-state index is -0.0109. The summed E-state index contributed by atoms with van der Waals surface area (Å²) in [4.78, 5) is 19.5. The molecule has 1 unspecified atom stereocenters. The quantitative estimate of drug-likeness (QED) is 0.708. The van der Waals surface area contributed by atoms with Crippen LogP contribution in [0.3, 0.4) is 0 Å². The molecule has 0 spiro atoms. The summed E-state index contributed by atoms with van der Waals surface area (Å²) in [7, 11) is 0. The normalized spacial score (nSPS) is 19.9. The van der Waals surface area contributed by atoms with Gasteiger partial charge in [0.1, 0.15) is 11.5 Å². The van der Waals surface area contributed by atoms with Gasteiger partial charge in [0.25, 0.3) is 5.91 Å². The molecule has 0 aliphatic carbocycles. The predicted octanol–water partition coefficient (Wildman–Crippen LogP) is 2.33. The van der Waals surface area contributed by atoms with Crippen molar-refractivity contribution in [3.8, 4) is 0 Å². The number of aryl methyl sites for hydroxylation is 1. The molecule has 1 atom stereocenters. The van der Waals surface area contributed by atoms with Crippen LogP contribution in [-0.2, 0) is 17.7 Å². The largest absolute Gasteiger partial charge is 0.445 e. The Balaban J connectivity index is 1.40. The molecular formula is C19H20N4O3. The van der Waals surface area contributed by atoms with Crippen LogP contribution in [0.1, 0.15) is 45.6 Å². The molecule has 0 aromatic carbocycles. The van der Waals surface area contributed by atoms with Crippen LogP contribution in [0.2, 0.25) is 0 Å². The van der Waals surface area contributed by atoms with E-state index in [0.29, 0.717) is 31.7 Å². The topological polar surface area (TPSA) is 72.9 Å². The Morgan fingerprint density at radius 3 is 3.12 bits per heavy atom. The highest BCUT2D eigenvalue weighted by Gasteiger charge is 2.30. The van der Waals surface area contributed by atoms with Gasteiger partial charge in [0.05, 0.1) is 36.3 Å². The Kier molecular flexibility index (Phi) is 3.56. The van der Waals surface area contributed by atoms with Gasteiger partial charge in [0.2, 0.25) is 0 Å². The zero-order chi connectivity index (χ0) is 17.7. The SMILES string of the molecule is Cc1ccc2c(C(=O)N3CCc4oc(C5CCOC5)nc4C3)cnn2c1. The third-order valence-electron chi connectivity index (χ3n) is 5.20. The zero-order valence-electron chi connectivity index (χ0n) is 14.6. The van der Waals surface area contributed by atoms with Crippen molar-refractivity contribution in [2.45, 2.75) is 32.2 Å². The molecule has 3 aromatic rings. The number of aromatic nitrogens is 3. The maximum atomic E-state index is 13.0. The summed E-state index contributed by atoms with van der Waals surface area (Å²) in [5, 5.41) is 4.32. The fraction of sp³-hybridized carbons (Fsp3) is 0.421. The number of fused-ring (bicyclic) bond motifs is 2. The molecule has 5 rings (SSSR count). The van der Waals surface area contributed by atoms with E-state index in [-0.39, 0.29) is 11.8 Å². The summed E-state index contributed by atoms with van der Waals surface area (Å²) < 4.78 is 13.1. The van der Waals surface area contributed by atoms with E-state index in [4.69, 9.17) is 9.15 Å². The van der Waals surface area contributed by atoms with Crippen molar-refractivity contribution in [3.05, 3.63) is 53.0 Å². The lowest BCUT2D eigenvalue weighted by Crippen LogP contribution is -2.35. The number of pyridine rings is 1. The van der Waals surface area contributed by atoms with E-state index in [2.05, 4.69) is 10.1 Å². The van der Waals surface area contributed by atoms with Gasteiger partial charge in [-0.1, -0.05) is 6.07 Å². The average Bonchev–Trinajstić information content (AvgIpc) is 3.38. The van der Waals surface area contributed by atoms with E-state index < -0.39 is 0 Å². The van der Waals surface area contributed by atoms with Crippen LogP contribution in [0, 0.1) is 6.92 Å². The molecule has 0 bridgehead atoms. The third-order valence-corrected chi connectivity index (χ3v) is 5.20. The number of hydrogen-bond acceptors (Lipinski definition) is 5. The highest BCUT2D eigenvalue weighted by Crippen LogP contribution is 2.29. The highest BCUT2D eigenvalue weighted by molar-refractivity contribution is 6.00. The number of oxazole rings is 1. The van der Waals surface area contributed by atoms with Crippen molar-refractivity contribution < 1.29 is 13.9 Å². The van der Waals surface area contributed by atoms with Gasteiger partial charge in [-0.15, -0.1) is 0 Å². The molecule has 0 saturated carbocycles. The molecule has 7 heteroatoms. The van der Waals surface area contributed by atoms with E-state index >= 15 is 0 Å². The standard InChI is InChI=1S/C19H20N4O3/c1-12-2-3-16-14(8-20-23(16)9-12)19(24)22-6-4-17-15(10-22)21-18(26-17)13-5-7-25-11-13/h2-3,8-9,13H,4-7,10-11H2,1H3. The predicted molar refractivity (Wildman–Crippen MR) is 93.1 cm³/mol. The molecule has 7 nitrogen and oxygen atoms in total. The molecule has 1 saturated heterocycles. The number of rotatable bonds is 2. The Bertz CT molecular complexity index is 984. The van der Waals surface area contributed by atoms with Gasteiger partial charge in [-0.05, 0) is 25.0 Å². The summed E-state index contributed by atoms with van der Waals surface area (Å²) in [6, 6.07) is 3.94. The molecule has 3 aromatic heterocycles. The van der Waals surface area contributed by atoms with Crippen LogP contribution < -0.4 is 0 Å². The van der Waals surface area contributed by atoms with Crippen LogP contribution in [0.15, 0.2) is 28.9 Å². The van der Waals surface area contributed by atoms with Crippen molar-refractivity contribution in [2.24, 2.45) is 0 Å². The fourth-order valence-corrected chi connectivity index (χ4v) is 3.72. The van der Waals surface area contributed by atoms with Crippen molar-refractivity contribution in [2.75, 3.05) is 19.8 Å². The smallest absolute Gasteiger partial charge is 0.258 e. The second-order valence-corrected chi connectivity index (χ2v) is 7.05. The number of amides is 1. The summed E-state index contributed by atoms with van der Waals surface area (Å²) in [5.74, 6) is 1.90. The highest BCUT2D eigenvalue weighted by atomic mass is 16.5. The third kappa shape index (κ3) is 2.50. The molecule has 0 N–H and O–H groups in total. The van der Waals surface area contributed by atoms with Crippen molar-refractivity contribution in [1.82, 2.24) is 19.5 Å². The monoisotopic (exact) mass is 352 g/mol. The van der Waals surface area contributed by atoms with Crippen LogP contribution in [0.5, 0.6) is 0 Å². The van der Waals surface area contributed by atoms with Crippen molar-refractivity contribution in [3.63, 3.8) is 0 Å². The molecule has 0 radical (unpaired) electrons. The number of hydrogen-bond donors (Lipinski definition) is 0. The molecule has 134 valence electrons. The summed E-state index contributed by atoms with van der Waals surface area (Å²) in [6.45, 7) is 4.55. The van der Waals surface area contributed by atoms with E-state index in [1.807, 2.05) is 30.2 Å². The van der Waals surface area contributed by atoms with E-state index in [0.717, 1.165) is 41.5 Å². The Labute approximate surface area is 150 Å². The van der Waals surface area contributed by atoms with Crippen LogP contribution in [-0.4, -0.2) is 45.2 Å². The lowest BCUT2D eigenvalue weighted by molar-refractivity contribution is 0.0730. The van der Waals surface area contributed by atoms with Gasteiger partial charge in [-0.3, -0.25) is 4.79 Å². The van der Waals surface area contributed by atoms with Gasteiger partial charge in [0, 0.05) is 25.8 Å². The Morgan fingerprint density at radius 1 is 1.35 bits per heavy atom. The molecule has 1 amide bonds. The molecule has 2 aliphatic rings. The second-order valence-electron chi connectivity index (χ2n) is 7.05. The van der Waals surface area contributed by atoms with Crippen LogP contribution in [0.4, 0.5) is 0 Å². The maximum absolute atomic E-state index is 13.0. The average molecular weight is 352 g/mol. The van der Waals surface area contributed by atoms with Crippen molar-refractivity contribution >= 4 is 11.4 Å². The number of carbonyl (C=O) groups excluding carboxylic acids is 1. The molecule has 1 fully saturated rings. The first-order valence-corrected chi connectivity index (χ1v) is 8.98. The van der Waals surface area contributed by atoms with Gasteiger partial charge >= 0.3 is 0 Å². The van der Waals surface area contributed by atoms with Crippen LogP contribution in [0.25, 0.3) is 5.52 Å². The van der Waals surface area contributed by atoms with Gasteiger partial charge in [-0.2, -0.15) is 5.10 Å². The Morgan fingerprint density at radius 2 is 2.27 bits per heavy atom. The molecular weight excluding hydrogens is 332 g/mol. The minimum absolute atomic E-state index is 0.0109. The molecule has 2 aliphatic heterocycles. The molecule has 26 heavy (non-hydrogen) atoms. The van der Waals surface area contributed by atoms with E-state index in [1.54, 1.807) is 10.7 Å². The maximum Gasteiger partial charge on any atom is 0.258 e.